The number of likely N-dealkylation sites (tertiary alicyclic amines) is 1. The molecule has 0 bridgehead atoms. The Kier molecular flexibility index (Phi) is 2.74. The predicted molar refractivity (Wildman–Crippen MR) is 44.2 cm³/mol. The lowest BCUT2D eigenvalue weighted by Crippen LogP contribution is -2.46. The molecule has 2 N–H and O–H groups in total. The number of urea groups is 1. The molecule has 0 unspecified atom stereocenters. The van der Waals surface area contributed by atoms with Crippen molar-refractivity contribution in [2.45, 2.75) is 38.6 Å². The van der Waals surface area contributed by atoms with Crippen LogP contribution in [0.3, 0.4) is 0 Å². The minimum absolute atomic E-state index is 0.253. The van der Waals surface area contributed by atoms with Crippen molar-refractivity contribution < 1.29 is 4.79 Å². The third-order valence-corrected chi connectivity index (χ3v) is 2.38. The summed E-state index contributed by atoms with van der Waals surface area (Å²) < 4.78 is 0. The largest absolute Gasteiger partial charge is 0.351 e. The molecule has 64 valence electrons. The number of amides is 2. The van der Waals surface area contributed by atoms with E-state index in [-0.39, 0.29) is 6.03 Å². The maximum absolute atomic E-state index is 10.9. The average Bonchev–Trinajstić information content (AvgIpc) is 2.04. The first kappa shape index (κ1) is 8.37. The molecule has 0 aromatic carbocycles. The van der Waals surface area contributed by atoms with E-state index in [0.717, 1.165) is 25.8 Å². The van der Waals surface area contributed by atoms with Crippen LogP contribution in [0.1, 0.15) is 32.6 Å². The molecule has 3 nitrogen and oxygen atoms in total. The van der Waals surface area contributed by atoms with E-state index in [1.807, 2.05) is 0 Å². The summed E-state index contributed by atoms with van der Waals surface area (Å²) in [7, 11) is 0. The summed E-state index contributed by atoms with van der Waals surface area (Å²) in [5.74, 6) is 0. The lowest BCUT2D eigenvalue weighted by atomic mass is 10.0. The van der Waals surface area contributed by atoms with E-state index >= 15 is 0 Å². The normalized spacial score (nSPS) is 25.2. The summed E-state index contributed by atoms with van der Waals surface area (Å²) in [6.07, 6.45) is 4.50. The van der Waals surface area contributed by atoms with Gasteiger partial charge in [0.2, 0.25) is 0 Å². The topological polar surface area (TPSA) is 46.3 Å². The highest BCUT2D eigenvalue weighted by atomic mass is 16.2. The minimum Gasteiger partial charge on any atom is -0.351 e. The van der Waals surface area contributed by atoms with Gasteiger partial charge in [-0.1, -0.05) is 6.92 Å². The molecular formula is C8H16N2O. The van der Waals surface area contributed by atoms with Gasteiger partial charge in [0.25, 0.3) is 0 Å². The predicted octanol–water partition coefficient (Wildman–Crippen LogP) is 1.33. The van der Waals surface area contributed by atoms with Gasteiger partial charge in [-0.05, 0) is 25.7 Å². The van der Waals surface area contributed by atoms with Crippen LogP contribution in [0.15, 0.2) is 0 Å². The molecule has 2 amide bonds. The summed E-state index contributed by atoms with van der Waals surface area (Å²) in [4.78, 5) is 12.7. The fourth-order valence-electron chi connectivity index (χ4n) is 1.72. The van der Waals surface area contributed by atoms with Crippen LogP contribution in [-0.2, 0) is 0 Å². The Labute approximate surface area is 67.5 Å². The van der Waals surface area contributed by atoms with Crippen molar-refractivity contribution in [3.63, 3.8) is 0 Å². The van der Waals surface area contributed by atoms with E-state index in [2.05, 4.69) is 6.92 Å². The Morgan fingerprint density at radius 1 is 1.64 bits per heavy atom. The molecule has 1 saturated heterocycles. The van der Waals surface area contributed by atoms with Crippen molar-refractivity contribution >= 4 is 6.03 Å². The molecule has 1 aliphatic heterocycles. The number of carbonyl (C=O) groups is 1. The first-order chi connectivity index (χ1) is 5.25. The monoisotopic (exact) mass is 156 g/mol. The van der Waals surface area contributed by atoms with Gasteiger partial charge in [0.05, 0.1) is 0 Å². The van der Waals surface area contributed by atoms with Crippen LogP contribution < -0.4 is 5.73 Å². The Balaban J connectivity index is 2.51. The number of rotatable bonds is 1. The second-order valence-corrected chi connectivity index (χ2v) is 3.09. The molecule has 1 heterocycles. The van der Waals surface area contributed by atoms with Crippen LogP contribution in [0, 0.1) is 0 Å². The number of hydrogen-bond acceptors (Lipinski definition) is 1. The molecule has 1 atom stereocenters. The van der Waals surface area contributed by atoms with Crippen LogP contribution in [0.5, 0.6) is 0 Å². The minimum atomic E-state index is -0.253. The average molecular weight is 156 g/mol. The van der Waals surface area contributed by atoms with Gasteiger partial charge in [-0.15, -0.1) is 0 Å². The van der Waals surface area contributed by atoms with Gasteiger partial charge in [0.15, 0.2) is 0 Å². The van der Waals surface area contributed by atoms with Crippen LogP contribution in [0.2, 0.25) is 0 Å². The molecule has 0 aromatic heterocycles. The van der Waals surface area contributed by atoms with Gasteiger partial charge in [0, 0.05) is 12.6 Å². The molecular weight excluding hydrogens is 140 g/mol. The van der Waals surface area contributed by atoms with E-state index in [1.54, 1.807) is 4.90 Å². The molecule has 0 saturated carbocycles. The Hall–Kier alpha value is -0.730. The standard InChI is InChI=1S/C8H16N2O/c1-2-7-5-3-4-6-10(7)8(9)11/h7H,2-6H2,1H3,(H2,9,11)/t7-/m1/s1. The summed E-state index contributed by atoms with van der Waals surface area (Å²) >= 11 is 0. The number of nitrogens with zero attached hydrogens (tertiary/aromatic N) is 1. The zero-order valence-electron chi connectivity index (χ0n) is 7.05. The Morgan fingerprint density at radius 2 is 2.36 bits per heavy atom. The second kappa shape index (κ2) is 3.60. The Bertz CT molecular complexity index is 147. The second-order valence-electron chi connectivity index (χ2n) is 3.09. The number of piperidine rings is 1. The van der Waals surface area contributed by atoms with Crippen LogP contribution >= 0.6 is 0 Å². The van der Waals surface area contributed by atoms with Gasteiger partial charge in [0.1, 0.15) is 0 Å². The zero-order valence-corrected chi connectivity index (χ0v) is 7.05. The molecule has 3 heteroatoms. The van der Waals surface area contributed by atoms with Crippen molar-refractivity contribution in [1.29, 1.82) is 0 Å². The lowest BCUT2D eigenvalue weighted by molar-refractivity contribution is 0.157. The number of carbonyl (C=O) groups excluding carboxylic acids is 1. The molecule has 11 heavy (non-hydrogen) atoms. The maximum Gasteiger partial charge on any atom is 0.315 e. The summed E-state index contributed by atoms with van der Waals surface area (Å²) in [6, 6.07) is 0.151. The van der Waals surface area contributed by atoms with Gasteiger partial charge in [-0.2, -0.15) is 0 Å². The van der Waals surface area contributed by atoms with Crippen molar-refractivity contribution in [1.82, 2.24) is 4.90 Å². The van der Waals surface area contributed by atoms with Gasteiger partial charge in [-0.25, -0.2) is 4.79 Å². The quantitative estimate of drug-likeness (QED) is 0.611. The number of hydrogen-bond donors (Lipinski definition) is 1. The van der Waals surface area contributed by atoms with Crippen LogP contribution in [0.25, 0.3) is 0 Å². The first-order valence-corrected chi connectivity index (χ1v) is 4.31. The maximum atomic E-state index is 10.9. The van der Waals surface area contributed by atoms with E-state index in [9.17, 15) is 4.79 Å². The van der Waals surface area contributed by atoms with E-state index in [4.69, 9.17) is 5.73 Å². The number of nitrogens with two attached hydrogens (primary N) is 1. The molecule has 0 aromatic rings. The van der Waals surface area contributed by atoms with E-state index < -0.39 is 0 Å². The first-order valence-electron chi connectivity index (χ1n) is 4.31. The van der Waals surface area contributed by atoms with E-state index in [0.29, 0.717) is 6.04 Å². The van der Waals surface area contributed by atoms with Gasteiger partial charge < -0.3 is 10.6 Å². The van der Waals surface area contributed by atoms with Crippen molar-refractivity contribution in [3.05, 3.63) is 0 Å². The van der Waals surface area contributed by atoms with Crippen LogP contribution in [0.4, 0.5) is 4.79 Å². The molecule has 0 spiro atoms. The molecule has 0 radical (unpaired) electrons. The number of primary amides is 1. The fourth-order valence-corrected chi connectivity index (χ4v) is 1.72. The van der Waals surface area contributed by atoms with Gasteiger partial charge in [-0.3, -0.25) is 0 Å². The smallest absolute Gasteiger partial charge is 0.315 e. The Morgan fingerprint density at radius 3 is 2.82 bits per heavy atom. The third kappa shape index (κ3) is 1.85. The summed E-state index contributed by atoms with van der Waals surface area (Å²) in [6.45, 7) is 2.96. The summed E-state index contributed by atoms with van der Waals surface area (Å²) in [5, 5.41) is 0. The van der Waals surface area contributed by atoms with Crippen molar-refractivity contribution in [3.8, 4) is 0 Å². The highest BCUT2D eigenvalue weighted by Gasteiger charge is 2.22. The SMILES string of the molecule is CC[C@@H]1CCCCN1C(N)=O. The highest BCUT2D eigenvalue weighted by molar-refractivity contribution is 5.72. The van der Waals surface area contributed by atoms with Gasteiger partial charge >= 0.3 is 6.03 Å². The molecule has 0 aliphatic carbocycles. The van der Waals surface area contributed by atoms with Crippen molar-refractivity contribution in [2.24, 2.45) is 5.73 Å². The zero-order chi connectivity index (χ0) is 8.27. The van der Waals surface area contributed by atoms with E-state index in [1.165, 1.54) is 6.42 Å². The molecule has 1 aliphatic rings. The molecule has 1 rings (SSSR count). The molecule has 1 fully saturated rings. The summed E-state index contributed by atoms with van der Waals surface area (Å²) in [5.41, 5.74) is 5.22. The lowest BCUT2D eigenvalue weighted by Gasteiger charge is -2.33. The fraction of sp³-hybridized carbons (Fsp3) is 0.875. The van der Waals surface area contributed by atoms with Crippen molar-refractivity contribution in [2.75, 3.05) is 6.54 Å². The third-order valence-electron chi connectivity index (χ3n) is 2.38. The van der Waals surface area contributed by atoms with Crippen LogP contribution in [-0.4, -0.2) is 23.5 Å². The highest BCUT2D eigenvalue weighted by Crippen LogP contribution is 2.18.